The second-order valence-corrected chi connectivity index (χ2v) is 16.9. The number of carbonyl (C=O) groups excluding carboxylic acids is 2. The fraction of sp³-hybridized carbons (Fsp3) is 0.333. The molecular weight excluding hydrogens is 980 g/mol. The van der Waals surface area contributed by atoms with E-state index in [-0.39, 0.29) is 49.9 Å². The van der Waals surface area contributed by atoms with Crippen LogP contribution in [0.2, 0.25) is 0 Å². The molecule has 2 atom stereocenters. The third kappa shape index (κ3) is 11.1. The molecular formula is C39H37F6N8O4OsP. The topological polar surface area (TPSA) is 180 Å². The SMILES string of the molecule is CC(C)(C)c1ccnc(C2=NC(C(=O)[O-])(C(F)(F)F)N=N2)c1.CC(C)(C)c1ccnc(C2=NC(C(=O)[O-])(C(F)(F)F)N=N2)c1.CP(c1ccccc1)c1ccccc1.[Os+2]. The number of halogens is 6. The molecule has 312 valence electrons. The Bertz CT molecular complexity index is 2090. The summed E-state index contributed by atoms with van der Waals surface area (Å²) in [4.78, 5) is 35.7. The van der Waals surface area contributed by atoms with E-state index in [2.05, 4.69) is 108 Å². The number of azo groups is 2. The van der Waals surface area contributed by atoms with Crippen molar-refractivity contribution in [2.75, 3.05) is 6.66 Å². The Balaban J connectivity index is 0.000000240. The van der Waals surface area contributed by atoms with Crippen LogP contribution in [0, 0.1) is 0 Å². The van der Waals surface area contributed by atoms with E-state index >= 15 is 0 Å². The molecule has 4 heterocycles. The average molecular weight is 1020 g/mol. The van der Waals surface area contributed by atoms with Gasteiger partial charge in [0.25, 0.3) is 0 Å². The molecule has 0 saturated heterocycles. The minimum absolute atomic E-state index is 0. The molecule has 0 spiro atoms. The van der Waals surface area contributed by atoms with Crippen molar-refractivity contribution in [3.63, 3.8) is 0 Å². The molecule has 0 radical (unpaired) electrons. The molecule has 2 aliphatic heterocycles. The van der Waals surface area contributed by atoms with Crippen molar-refractivity contribution < 1.29 is 65.9 Å². The van der Waals surface area contributed by atoms with E-state index in [1.165, 1.54) is 35.1 Å². The van der Waals surface area contributed by atoms with E-state index in [0.29, 0.717) is 0 Å². The average Bonchev–Trinajstić information content (AvgIpc) is 3.84. The number of rotatable bonds is 6. The summed E-state index contributed by atoms with van der Waals surface area (Å²) in [6, 6.07) is 27.8. The quantitative estimate of drug-likeness (QED) is 0.170. The van der Waals surface area contributed by atoms with E-state index < -0.39 is 47.3 Å². The van der Waals surface area contributed by atoms with Crippen molar-refractivity contribution >= 4 is 42.1 Å². The maximum Gasteiger partial charge on any atom is 2.00 e. The number of carboxylic acid groups (broad SMARTS) is 2. The van der Waals surface area contributed by atoms with Gasteiger partial charge in [0.15, 0.2) is 11.7 Å². The molecule has 0 aliphatic carbocycles. The molecule has 2 aromatic heterocycles. The first-order valence-electron chi connectivity index (χ1n) is 17.2. The molecule has 0 saturated carbocycles. The number of alkyl halides is 6. The number of aromatic nitrogens is 2. The predicted octanol–water partition coefficient (Wildman–Crippen LogP) is 5.95. The van der Waals surface area contributed by atoms with Gasteiger partial charge in [0.2, 0.25) is 0 Å². The molecule has 20 heteroatoms. The summed E-state index contributed by atoms with van der Waals surface area (Å²) in [7, 11) is -0.171. The van der Waals surface area contributed by atoms with Crippen LogP contribution in [-0.4, -0.2) is 63.9 Å². The molecule has 0 amide bonds. The molecule has 0 N–H and O–H groups in total. The molecule has 0 bridgehead atoms. The summed E-state index contributed by atoms with van der Waals surface area (Å²) in [5.74, 6) is -5.95. The zero-order valence-electron chi connectivity index (χ0n) is 32.5. The second kappa shape index (κ2) is 18.4. The Morgan fingerprint density at radius 1 is 0.576 bits per heavy atom. The summed E-state index contributed by atoms with van der Waals surface area (Å²) in [6.07, 6.45) is -7.72. The largest absolute Gasteiger partial charge is 2.00 e. The van der Waals surface area contributed by atoms with E-state index in [1.54, 1.807) is 12.1 Å². The Hall–Kier alpha value is -5.13. The third-order valence-corrected chi connectivity index (χ3v) is 10.6. The number of hydrogen-bond donors (Lipinski definition) is 0. The molecule has 2 aliphatic rings. The van der Waals surface area contributed by atoms with Gasteiger partial charge in [-0.15, -0.1) is 20.5 Å². The van der Waals surface area contributed by atoms with Crippen LogP contribution in [0.25, 0.3) is 0 Å². The Morgan fingerprint density at radius 3 is 1.15 bits per heavy atom. The Labute approximate surface area is 350 Å². The molecule has 6 rings (SSSR count). The first kappa shape index (κ1) is 48.2. The van der Waals surface area contributed by atoms with Gasteiger partial charge in [0.1, 0.15) is 23.3 Å². The zero-order chi connectivity index (χ0) is 43.3. The maximum absolute atomic E-state index is 12.9. The Morgan fingerprint density at radius 2 is 0.898 bits per heavy atom. The molecule has 59 heavy (non-hydrogen) atoms. The van der Waals surface area contributed by atoms with Gasteiger partial charge in [-0.1, -0.05) is 102 Å². The van der Waals surface area contributed by atoms with E-state index in [1.807, 2.05) is 41.5 Å². The Kier molecular flexibility index (Phi) is 15.1. The van der Waals surface area contributed by atoms with Crippen molar-refractivity contribution in [3.8, 4) is 0 Å². The number of amidine groups is 2. The van der Waals surface area contributed by atoms with Crippen molar-refractivity contribution in [1.82, 2.24) is 9.97 Å². The van der Waals surface area contributed by atoms with Gasteiger partial charge < -0.3 is 19.8 Å². The summed E-state index contributed by atoms with van der Waals surface area (Å²) in [5, 5.41) is 36.6. The summed E-state index contributed by atoms with van der Waals surface area (Å²) < 4.78 is 77.5. The smallest absolute Gasteiger partial charge is 0.545 e. The van der Waals surface area contributed by atoms with Crippen LogP contribution in [0.15, 0.2) is 128 Å². The van der Waals surface area contributed by atoms with E-state index in [4.69, 9.17) is 0 Å². The van der Waals surface area contributed by atoms with Gasteiger partial charge in [0, 0.05) is 12.4 Å². The molecule has 12 nitrogen and oxygen atoms in total. The molecule has 0 fully saturated rings. The van der Waals surface area contributed by atoms with Gasteiger partial charge in [-0.2, -0.15) is 26.3 Å². The second-order valence-electron chi connectivity index (χ2n) is 14.8. The number of nitrogens with zero attached hydrogens (tertiary/aromatic N) is 8. The predicted molar refractivity (Wildman–Crippen MR) is 201 cm³/mol. The minimum atomic E-state index is -5.25. The summed E-state index contributed by atoms with van der Waals surface area (Å²) in [5.41, 5.74) is -6.36. The van der Waals surface area contributed by atoms with Crippen molar-refractivity contribution in [2.24, 2.45) is 30.4 Å². The first-order valence-corrected chi connectivity index (χ1v) is 19.0. The molecule has 2 unspecified atom stereocenters. The fourth-order valence-corrected chi connectivity index (χ4v) is 6.52. The van der Waals surface area contributed by atoms with Crippen LogP contribution in [0.3, 0.4) is 0 Å². The van der Waals surface area contributed by atoms with Crippen LogP contribution in [-0.2, 0) is 40.2 Å². The number of benzene rings is 2. The number of aliphatic carboxylic acids is 2. The van der Waals surface area contributed by atoms with Crippen LogP contribution in [0.1, 0.15) is 64.1 Å². The number of hydrogen-bond acceptors (Lipinski definition) is 12. The fourth-order valence-electron chi connectivity index (χ4n) is 4.99. The summed E-state index contributed by atoms with van der Waals surface area (Å²) >= 11 is 0. The van der Waals surface area contributed by atoms with Crippen LogP contribution < -0.4 is 20.8 Å². The van der Waals surface area contributed by atoms with E-state index in [9.17, 15) is 46.1 Å². The van der Waals surface area contributed by atoms with Gasteiger partial charge in [-0.05, 0) is 71.4 Å². The van der Waals surface area contributed by atoms with Crippen molar-refractivity contribution in [1.29, 1.82) is 0 Å². The first-order chi connectivity index (χ1) is 26.8. The van der Waals surface area contributed by atoms with Crippen LogP contribution in [0.4, 0.5) is 26.3 Å². The van der Waals surface area contributed by atoms with Crippen molar-refractivity contribution in [3.05, 3.63) is 120 Å². The number of carboxylic acids is 2. The third-order valence-electron chi connectivity index (χ3n) is 8.47. The zero-order valence-corrected chi connectivity index (χ0v) is 36.0. The number of pyridine rings is 2. The van der Waals surface area contributed by atoms with Crippen molar-refractivity contribution in [2.45, 2.75) is 76.1 Å². The maximum atomic E-state index is 12.9. The van der Waals surface area contributed by atoms with E-state index in [0.717, 1.165) is 11.1 Å². The standard InChI is InChI=1S/2C13H13F3N4O2.C13H13P.Os/c2*1-11(2,3)7-4-5-17-8(6-7)9-18-12(10(21)22,20-19-9)13(14,15)16;1-14(12-8-4-2-5-9-12)13-10-6-3-7-11-13;/h2*4-6H,1-3H3,(H,21,22);2-11H,1H3;/q;;;+2/p-2. The monoisotopic (exact) mass is 1020 g/mol. The molecule has 2 aromatic carbocycles. The van der Waals surface area contributed by atoms with Gasteiger partial charge in [-0.3, -0.25) is 9.97 Å². The number of carbonyl (C=O) groups is 2. The van der Waals surface area contributed by atoms with Crippen LogP contribution in [0.5, 0.6) is 0 Å². The summed E-state index contributed by atoms with van der Waals surface area (Å²) in [6.45, 7) is 13.8. The van der Waals surface area contributed by atoms with Crippen LogP contribution >= 0.6 is 7.92 Å². The number of aliphatic imine (C=N–C) groups is 2. The normalized spacial score (nSPS) is 18.7. The minimum Gasteiger partial charge on any atom is -0.545 e. The molecule has 4 aromatic rings. The van der Waals surface area contributed by atoms with Gasteiger partial charge in [-0.25, -0.2) is 9.98 Å². The van der Waals surface area contributed by atoms with Gasteiger partial charge >= 0.3 is 43.5 Å². The van der Waals surface area contributed by atoms with Gasteiger partial charge in [0.05, 0.1) is 0 Å².